The van der Waals surface area contributed by atoms with Crippen LogP contribution in [-0.4, -0.2) is 9.38 Å². The van der Waals surface area contributed by atoms with Gasteiger partial charge < -0.3 is 28.4 Å². The summed E-state index contributed by atoms with van der Waals surface area (Å²) in [6, 6.07) is 12.9. The molecule has 2 nitrogen and oxygen atoms in total. The predicted octanol–water partition coefficient (Wildman–Crippen LogP) is 0.884. The molecular formula is C17H16IN2-. The third-order valence-electron chi connectivity index (χ3n) is 4.01. The monoisotopic (exact) mass is 375 g/mol. The zero-order valence-electron chi connectivity index (χ0n) is 11.2. The molecule has 0 bridgehead atoms. The van der Waals surface area contributed by atoms with Crippen molar-refractivity contribution in [1.82, 2.24) is 9.38 Å². The minimum atomic E-state index is 0. The van der Waals surface area contributed by atoms with Crippen molar-refractivity contribution in [1.29, 1.82) is 0 Å². The highest BCUT2D eigenvalue weighted by molar-refractivity contribution is 5.64. The Labute approximate surface area is 135 Å². The van der Waals surface area contributed by atoms with Crippen LogP contribution in [0.25, 0.3) is 16.9 Å². The lowest BCUT2D eigenvalue weighted by Crippen LogP contribution is -3.00. The molecule has 0 spiro atoms. The topological polar surface area (TPSA) is 17.3 Å². The fourth-order valence-corrected chi connectivity index (χ4v) is 2.97. The van der Waals surface area contributed by atoms with Gasteiger partial charge in [0.2, 0.25) is 0 Å². The molecule has 2 heterocycles. The Morgan fingerprint density at radius 1 is 0.950 bits per heavy atom. The third kappa shape index (κ3) is 2.35. The van der Waals surface area contributed by atoms with Crippen LogP contribution >= 0.6 is 0 Å². The van der Waals surface area contributed by atoms with E-state index in [9.17, 15) is 0 Å². The predicted molar refractivity (Wildman–Crippen MR) is 77.3 cm³/mol. The molecule has 1 aromatic carbocycles. The minimum absolute atomic E-state index is 0. The maximum Gasteiger partial charge on any atom is 0.137 e. The normalized spacial score (nSPS) is 13.8. The van der Waals surface area contributed by atoms with E-state index >= 15 is 0 Å². The fraction of sp³-hybridized carbons (Fsp3) is 0.235. The molecule has 0 radical (unpaired) electrons. The highest BCUT2D eigenvalue weighted by Crippen LogP contribution is 2.27. The van der Waals surface area contributed by atoms with Crippen LogP contribution in [-0.2, 0) is 12.8 Å². The molecule has 3 aromatic rings. The van der Waals surface area contributed by atoms with E-state index in [0.717, 1.165) is 11.3 Å². The summed E-state index contributed by atoms with van der Waals surface area (Å²) in [5.74, 6) is 0. The average Bonchev–Trinajstić information content (AvgIpc) is 2.90. The zero-order chi connectivity index (χ0) is 12.7. The van der Waals surface area contributed by atoms with Gasteiger partial charge in [0.05, 0.1) is 5.69 Å². The van der Waals surface area contributed by atoms with Crippen LogP contribution in [0.1, 0.15) is 24.0 Å². The molecule has 20 heavy (non-hydrogen) atoms. The summed E-state index contributed by atoms with van der Waals surface area (Å²) in [6.45, 7) is 0. The molecule has 0 saturated carbocycles. The van der Waals surface area contributed by atoms with Crippen LogP contribution in [0.2, 0.25) is 0 Å². The molecular weight excluding hydrogens is 359 g/mol. The number of benzene rings is 1. The number of nitrogens with zero attached hydrogens (tertiary/aromatic N) is 2. The van der Waals surface area contributed by atoms with Crippen LogP contribution in [0.5, 0.6) is 0 Å². The van der Waals surface area contributed by atoms with Crippen LogP contribution in [0.4, 0.5) is 0 Å². The number of aromatic nitrogens is 2. The van der Waals surface area contributed by atoms with Gasteiger partial charge in [-0.2, -0.15) is 0 Å². The Kier molecular flexibility index (Phi) is 3.78. The number of pyridine rings is 1. The summed E-state index contributed by atoms with van der Waals surface area (Å²) in [5, 5.41) is 0. The van der Waals surface area contributed by atoms with E-state index in [-0.39, 0.29) is 24.0 Å². The summed E-state index contributed by atoms with van der Waals surface area (Å²) in [4.78, 5) is 4.69. The molecule has 0 unspecified atom stereocenters. The van der Waals surface area contributed by atoms with Gasteiger partial charge in [-0.25, -0.2) is 4.98 Å². The molecule has 2 aromatic heterocycles. The summed E-state index contributed by atoms with van der Waals surface area (Å²) >= 11 is 0. The van der Waals surface area contributed by atoms with Crippen molar-refractivity contribution in [2.24, 2.45) is 0 Å². The van der Waals surface area contributed by atoms with Crippen LogP contribution < -0.4 is 24.0 Å². The van der Waals surface area contributed by atoms with Gasteiger partial charge in [-0.1, -0.05) is 18.2 Å². The van der Waals surface area contributed by atoms with E-state index in [0.29, 0.717) is 0 Å². The van der Waals surface area contributed by atoms with Crippen molar-refractivity contribution in [3.05, 3.63) is 59.9 Å². The molecule has 3 heteroatoms. The largest absolute Gasteiger partial charge is 1.00 e. The van der Waals surface area contributed by atoms with Crippen molar-refractivity contribution in [3.8, 4) is 11.3 Å². The average molecular weight is 375 g/mol. The summed E-state index contributed by atoms with van der Waals surface area (Å²) in [5.41, 5.74) is 6.36. The Balaban J connectivity index is 0.00000121. The van der Waals surface area contributed by atoms with Gasteiger partial charge in [0.1, 0.15) is 5.65 Å². The molecule has 0 atom stereocenters. The number of halogens is 1. The van der Waals surface area contributed by atoms with Gasteiger partial charge in [-0.05, 0) is 55.0 Å². The highest BCUT2D eigenvalue weighted by atomic mass is 127. The standard InChI is InChI=1S/C17H16N2.HI/c1-2-6-14-11-15(9-8-13(14)5-1)16-12-19-10-4-3-7-17(19)18-16;/h3-4,7-12H,1-2,5-6H2;1H/p-1. The second kappa shape index (κ2) is 5.56. The minimum Gasteiger partial charge on any atom is -1.00 e. The number of hydrogen-bond donors (Lipinski definition) is 0. The van der Waals surface area contributed by atoms with E-state index in [1.165, 1.54) is 42.4 Å². The third-order valence-corrected chi connectivity index (χ3v) is 4.01. The SMILES string of the molecule is [I-].c1ccn2cc(-c3ccc4c(c3)CCCC4)nc2c1. The first kappa shape index (κ1) is 13.6. The van der Waals surface area contributed by atoms with Crippen molar-refractivity contribution in [2.45, 2.75) is 25.7 Å². The fourth-order valence-electron chi connectivity index (χ4n) is 2.97. The molecule has 102 valence electrons. The number of aryl methyl sites for hydroxylation is 2. The maximum atomic E-state index is 4.69. The highest BCUT2D eigenvalue weighted by Gasteiger charge is 2.11. The molecule has 1 aliphatic rings. The first-order valence-electron chi connectivity index (χ1n) is 6.96. The molecule has 1 aliphatic carbocycles. The number of imidazole rings is 1. The molecule has 0 fully saturated rings. The van der Waals surface area contributed by atoms with Gasteiger partial charge in [0.25, 0.3) is 0 Å². The van der Waals surface area contributed by atoms with Gasteiger partial charge in [-0.3, -0.25) is 0 Å². The smallest absolute Gasteiger partial charge is 0.137 e. The molecule has 0 saturated heterocycles. The lowest BCUT2D eigenvalue weighted by Gasteiger charge is -2.15. The van der Waals surface area contributed by atoms with Crippen LogP contribution in [0, 0.1) is 0 Å². The number of fused-ring (bicyclic) bond motifs is 2. The Morgan fingerprint density at radius 2 is 1.80 bits per heavy atom. The molecule has 4 rings (SSSR count). The van der Waals surface area contributed by atoms with E-state index in [4.69, 9.17) is 4.98 Å². The van der Waals surface area contributed by atoms with Crippen molar-refractivity contribution in [3.63, 3.8) is 0 Å². The Hall–Kier alpha value is -1.36. The van der Waals surface area contributed by atoms with Gasteiger partial charge in [0, 0.05) is 18.0 Å². The quantitative estimate of drug-likeness (QED) is 0.578. The first-order valence-corrected chi connectivity index (χ1v) is 6.96. The zero-order valence-corrected chi connectivity index (χ0v) is 13.4. The number of hydrogen-bond acceptors (Lipinski definition) is 1. The molecule has 0 N–H and O–H groups in total. The molecule has 0 aliphatic heterocycles. The van der Waals surface area contributed by atoms with Crippen molar-refractivity contribution < 1.29 is 24.0 Å². The Morgan fingerprint density at radius 3 is 2.65 bits per heavy atom. The summed E-state index contributed by atoms with van der Waals surface area (Å²) in [6.07, 6.45) is 9.27. The van der Waals surface area contributed by atoms with Gasteiger partial charge >= 0.3 is 0 Å². The molecule has 0 amide bonds. The Bertz CT molecular complexity index is 713. The summed E-state index contributed by atoms with van der Waals surface area (Å²) < 4.78 is 2.08. The lowest BCUT2D eigenvalue weighted by molar-refractivity contribution is -0.00000385. The number of rotatable bonds is 1. The van der Waals surface area contributed by atoms with E-state index in [1.807, 2.05) is 24.4 Å². The van der Waals surface area contributed by atoms with E-state index < -0.39 is 0 Å². The van der Waals surface area contributed by atoms with Crippen molar-refractivity contribution >= 4 is 5.65 Å². The second-order valence-corrected chi connectivity index (χ2v) is 5.28. The first-order chi connectivity index (χ1) is 9.40. The maximum absolute atomic E-state index is 4.69. The van der Waals surface area contributed by atoms with E-state index in [2.05, 4.69) is 28.8 Å². The van der Waals surface area contributed by atoms with Gasteiger partial charge in [-0.15, -0.1) is 0 Å². The van der Waals surface area contributed by atoms with Gasteiger partial charge in [0.15, 0.2) is 0 Å². The van der Waals surface area contributed by atoms with Crippen LogP contribution in [0.3, 0.4) is 0 Å². The second-order valence-electron chi connectivity index (χ2n) is 5.28. The van der Waals surface area contributed by atoms with Crippen LogP contribution in [0.15, 0.2) is 48.8 Å². The lowest BCUT2D eigenvalue weighted by atomic mass is 9.90. The summed E-state index contributed by atoms with van der Waals surface area (Å²) in [7, 11) is 0. The van der Waals surface area contributed by atoms with E-state index in [1.54, 1.807) is 0 Å². The van der Waals surface area contributed by atoms with Crippen molar-refractivity contribution in [2.75, 3.05) is 0 Å².